The van der Waals surface area contributed by atoms with Gasteiger partial charge in [0.1, 0.15) is 0 Å². The van der Waals surface area contributed by atoms with Gasteiger partial charge in [0.15, 0.2) is 0 Å². The molecule has 158 valence electrons. The molecule has 0 radical (unpaired) electrons. The number of hydrogen-bond donors (Lipinski definition) is 3. The molecule has 1 amide bonds. The van der Waals surface area contributed by atoms with Crippen molar-refractivity contribution in [3.8, 4) is 0 Å². The number of carbonyl (C=O) groups is 1. The van der Waals surface area contributed by atoms with Crippen LogP contribution >= 0.6 is 0 Å². The zero-order valence-electron chi connectivity index (χ0n) is 17.9. The topological polar surface area (TPSA) is 105 Å². The highest BCUT2D eigenvalue weighted by Crippen LogP contribution is 2.45. The van der Waals surface area contributed by atoms with Crippen LogP contribution in [0.2, 0.25) is 0 Å². The van der Waals surface area contributed by atoms with Gasteiger partial charge in [-0.1, -0.05) is 40.5 Å². The lowest BCUT2D eigenvalue weighted by molar-refractivity contribution is -0.123. The molecule has 1 aromatic carbocycles. The molecule has 0 aliphatic carbocycles. The average molecular weight is 411 g/mol. The van der Waals surface area contributed by atoms with E-state index in [4.69, 9.17) is 5.14 Å². The lowest BCUT2D eigenvalue weighted by atomic mass is 9.94. The molecule has 0 atom stereocenters. The number of carbonyl (C=O) groups excluding carboxylic acids is 1. The summed E-state index contributed by atoms with van der Waals surface area (Å²) >= 11 is 0. The second-order valence-corrected chi connectivity index (χ2v) is 9.92. The number of nitrogens with zero attached hydrogens (tertiary/aromatic N) is 1. The van der Waals surface area contributed by atoms with E-state index in [-0.39, 0.29) is 5.91 Å². The van der Waals surface area contributed by atoms with Gasteiger partial charge in [-0.3, -0.25) is 9.52 Å². The minimum atomic E-state index is -3.92. The Morgan fingerprint density at radius 1 is 1.14 bits per heavy atom. The molecule has 0 bridgehead atoms. The van der Waals surface area contributed by atoms with Gasteiger partial charge in [0.2, 0.25) is 5.91 Å². The van der Waals surface area contributed by atoms with Gasteiger partial charge in [-0.15, -0.1) is 0 Å². The predicted molar refractivity (Wildman–Crippen MR) is 116 cm³/mol. The number of fused-ring (bicyclic) bond motifs is 1. The van der Waals surface area contributed by atoms with E-state index in [1.165, 1.54) is 0 Å². The van der Waals surface area contributed by atoms with E-state index in [9.17, 15) is 13.2 Å². The highest BCUT2D eigenvalue weighted by Gasteiger charge is 2.31. The Morgan fingerprint density at radius 2 is 1.79 bits per heavy atom. The van der Waals surface area contributed by atoms with Crippen molar-refractivity contribution in [2.75, 3.05) is 28.0 Å². The predicted octanol–water partition coefficient (Wildman–Crippen LogP) is 3.46. The van der Waals surface area contributed by atoms with Crippen LogP contribution < -0.4 is 20.1 Å². The van der Waals surface area contributed by atoms with Crippen molar-refractivity contribution in [2.24, 2.45) is 10.6 Å². The molecule has 28 heavy (non-hydrogen) atoms. The summed E-state index contributed by atoms with van der Waals surface area (Å²) in [5.41, 5.74) is 4.21. The molecule has 0 saturated carbocycles. The van der Waals surface area contributed by atoms with E-state index >= 15 is 0 Å². The summed E-state index contributed by atoms with van der Waals surface area (Å²) in [4.78, 5) is 15.1. The van der Waals surface area contributed by atoms with Gasteiger partial charge in [-0.25, -0.2) is 5.14 Å². The Labute approximate surface area is 169 Å². The van der Waals surface area contributed by atoms with Crippen molar-refractivity contribution in [2.45, 2.75) is 67.2 Å². The third-order valence-corrected chi connectivity index (χ3v) is 5.73. The molecule has 1 aliphatic rings. The van der Waals surface area contributed by atoms with E-state index in [0.717, 1.165) is 55.6 Å². The van der Waals surface area contributed by atoms with E-state index in [2.05, 4.69) is 21.9 Å². The quantitative estimate of drug-likeness (QED) is 0.599. The van der Waals surface area contributed by atoms with Crippen LogP contribution in [0.5, 0.6) is 0 Å². The number of nitrogens with one attached hydrogen (secondary N) is 2. The highest BCUT2D eigenvalue weighted by atomic mass is 32.2. The monoisotopic (exact) mass is 410 g/mol. The first-order valence-electron chi connectivity index (χ1n) is 9.89. The minimum absolute atomic E-state index is 0.108. The number of anilines is 3. The van der Waals surface area contributed by atoms with Gasteiger partial charge >= 0.3 is 0 Å². The van der Waals surface area contributed by atoms with Gasteiger partial charge in [0.25, 0.3) is 10.2 Å². The van der Waals surface area contributed by atoms with Crippen LogP contribution in [0.3, 0.4) is 0 Å². The van der Waals surface area contributed by atoms with Crippen molar-refractivity contribution in [3.05, 3.63) is 16.7 Å². The molecule has 4 N–H and O–H groups in total. The summed E-state index contributed by atoms with van der Waals surface area (Å²) in [5, 5.41) is 8.31. The number of benzene rings is 1. The first-order valence-corrected chi connectivity index (χ1v) is 11.4. The molecule has 7 nitrogen and oxygen atoms in total. The van der Waals surface area contributed by atoms with Crippen LogP contribution in [-0.4, -0.2) is 27.4 Å². The third kappa shape index (κ3) is 4.97. The summed E-state index contributed by atoms with van der Waals surface area (Å²) in [6.45, 7) is 13.2. The van der Waals surface area contributed by atoms with E-state index in [0.29, 0.717) is 16.9 Å². The fourth-order valence-electron chi connectivity index (χ4n) is 3.60. The number of nitrogens with two attached hydrogens (primary N) is 1. The Kier molecular flexibility index (Phi) is 6.66. The second kappa shape index (κ2) is 8.29. The lowest BCUT2D eigenvalue weighted by Crippen LogP contribution is -2.30. The summed E-state index contributed by atoms with van der Waals surface area (Å²) < 4.78 is 25.9. The molecular formula is C20H34N4O3S. The summed E-state index contributed by atoms with van der Waals surface area (Å²) in [6, 6.07) is 0. The zero-order chi connectivity index (χ0) is 21.3. The number of rotatable bonds is 7. The number of unbranched alkanes of at least 4 members (excludes halogenated alkanes) is 2. The van der Waals surface area contributed by atoms with Crippen molar-refractivity contribution in [3.63, 3.8) is 0 Å². The van der Waals surface area contributed by atoms with Crippen LogP contribution in [-0.2, 0) is 21.4 Å². The van der Waals surface area contributed by atoms with Gasteiger partial charge in [0, 0.05) is 18.5 Å². The third-order valence-electron chi connectivity index (χ3n) is 5.24. The van der Waals surface area contributed by atoms with Gasteiger partial charge in [-0.2, -0.15) is 8.42 Å². The Morgan fingerprint density at radius 3 is 2.32 bits per heavy atom. The SMILES string of the molecule is CCCCCN1CCc2c(C)c(NS(N)(=O)=O)c(C)c(NC(=O)C(C)(C)C)c21. The molecule has 0 unspecified atom stereocenters. The maximum absolute atomic E-state index is 12.7. The van der Waals surface area contributed by atoms with Crippen molar-refractivity contribution >= 4 is 33.2 Å². The fraction of sp³-hybridized carbons (Fsp3) is 0.650. The number of amides is 1. The molecule has 1 heterocycles. The van der Waals surface area contributed by atoms with Crippen LogP contribution in [0.15, 0.2) is 0 Å². The maximum atomic E-state index is 12.7. The van der Waals surface area contributed by atoms with Crippen LogP contribution in [0, 0.1) is 19.3 Å². The first-order chi connectivity index (χ1) is 12.9. The lowest BCUT2D eigenvalue weighted by Gasteiger charge is -2.28. The molecule has 2 rings (SSSR count). The van der Waals surface area contributed by atoms with Gasteiger partial charge in [0.05, 0.1) is 17.1 Å². The van der Waals surface area contributed by atoms with Crippen molar-refractivity contribution < 1.29 is 13.2 Å². The van der Waals surface area contributed by atoms with Gasteiger partial charge < -0.3 is 10.2 Å². The smallest absolute Gasteiger partial charge is 0.296 e. The average Bonchev–Trinajstić information content (AvgIpc) is 2.97. The number of hydrogen-bond acceptors (Lipinski definition) is 4. The fourth-order valence-corrected chi connectivity index (χ4v) is 4.19. The molecule has 1 aliphatic heterocycles. The van der Waals surface area contributed by atoms with Gasteiger partial charge in [-0.05, 0) is 43.4 Å². The minimum Gasteiger partial charge on any atom is -0.369 e. The molecule has 0 aromatic heterocycles. The summed E-state index contributed by atoms with van der Waals surface area (Å²) in [5.74, 6) is -0.108. The van der Waals surface area contributed by atoms with Crippen LogP contribution in [0.4, 0.5) is 17.1 Å². The summed E-state index contributed by atoms with van der Waals surface area (Å²) in [6.07, 6.45) is 4.19. The first kappa shape index (κ1) is 22.5. The largest absolute Gasteiger partial charge is 0.369 e. The van der Waals surface area contributed by atoms with E-state index in [1.54, 1.807) is 0 Å². The Hall–Kier alpha value is -1.80. The molecule has 8 heteroatoms. The maximum Gasteiger partial charge on any atom is 0.296 e. The van der Waals surface area contributed by atoms with E-state index < -0.39 is 15.6 Å². The van der Waals surface area contributed by atoms with E-state index in [1.807, 2.05) is 34.6 Å². The molecule has 1 aromatic rings. The second-order valence-electron chi connectivity index (χ2n) is 8.62. The standard InChI is InChI=1S/C20H34N4O3S/c1-7-8-9-11-24-12-10-15-13(2)16(23-28(21,26)27)14(3)17(18(15)24)22-19(25)20(4,5)6/h23H,7-12H2,1-6H3,(H,22,25)(H2,21,26,27). The van der Waals surface area contributed by atoms with Crippen LogP contribution in [0.25, 0.3) is 0 Å². The highest BCUT2D eigenvalue weighted by molar-refractivity contribution is 7.90. The zero-order valence-corrected chi connectivity index (χ0v) is 18.7. The van der Waals surface area contributed by atoms with Crippen LogP contribution in [0.1, 0.15) is 63.6 Å². The summed E-state index contributed by atoms with van der Waals surface area (Å²) in [7, 11) is -3.92. The van der Waals surface area contributed by atoms with Crippen molar-refractivity contribution in [1.82, 2.24) is 0 Å². The molecule has 0 saturated heterocycles. The molecule has 0 fully saturated rings. The normalized spacial score (nSPS) is 14.2. The Balaban J connectivity index is 2.59. The van der Waals surface area contributed by atoms with Crippen molar-refractivity contribution in [1.29, 1.82) is 0 Å². The molecule has 0 spiro atoms. The Bertz CT molecular complexity index is 857. The molecular weight excluding hydrogens is 376 g/mol.